The zero-order valence-corrected chi connectivity index (χ0v) is 14.3. The Morgan fingerprint density at radius 2 is 1.76 bits per heavy atom. The Morgan fingerprint density at radius 3 is 2.64 bits per heavy atom. The Kier molecular flexibility index (Phi) is 4.31. The molecule has 0 aliphatic heterocycles. The molecule has 0 saturated carbocycles. The van der Waals surface area contributed by atoms with Gasteiger partial charge in [0, 0.05) is 18.7 Å². The summed E-state index contributed by atoms with van der Waals surface area (Å²) in [6.45, 7) is 0.555. The second-order valence-electron chi connectivity index (χ2n) is 5.77. The van der Waals surface area contributed by atoms with Gasteiger partial charge in [0.05, 0.1) is 15.2 Å². The fourth-order valence-corrected chi connectivity index (χ4v) is 3.72. The number of carbonyl (C=O) groups excluding carboxylic acids is 1. The van der Waals surface area contributed by atoms with Gasteiger partial charge in [-0.05, 0) is 35.0 Å². The van der Waals surface area contributed by atoms with E-state index in [2.05, 4.69) is 27.8 Å². The van der Waals surface area contributed by atoms with E-state index in [0.29, 0.717) is 6.54 Å². The van der Waals surface area contributed by atoms with Crippen molar-refractivity contribution in [2.45, 2.75) is 6.42 Å². The van der Waals surface area contributed by atoms with Crippen molar-refractivity contribution < 1.29 is 4.79 Å². The number of anilines is 1. The molecule has 0 bridgehead atoms. The Balaban J connectivity index is 1.33. The third-order valence-corrected chi connectivity index (χ3v) is 5.07. The van der Waals surface area contributed by atoms with Gasteiger partial charge >= 0.3 is 6.03 Å². The number of aromatic nitrogens is 1. The van der Waals surface area contributed by atoms with Gasteiger partial charge in [0.2, 0.25) is 0 Å². The topological polar surface area (TPSA) is 54.0 Å². The van der Waals surface area contributed by atoms with Crippen molar-refractivity contribution in [3.63, 3.8) is 0 Å². The number of hydrogen-bond acceptors (Lipinski definition) is 3. The van der Waals surface area contributed by atoms with E-state index >= 15 is 0 Å². The van der Waals surface area contributed by atoms with Crippen LogP contribution in [0.5, 0.6) is 0 Å². The largest absolute Gasteiger partial charge is 0.337 e. The minimum Gasteiger partial charge on any atom is -0.337 e. The summed E-state index contributed by atoms with van der Waals surface area (Å²) in [6.07, 6.45) is 0.727. The van der Waals surface area contributed by atoms with E-state index in [-0.39, 0.29) is 6.03 Å². The number of hydrogen-bond donors (Lipinski definition) is 2. The third kappa shape index (κ3) is 3.61. The lowest BCUT2D eigenvalue weighted by atomic mass is 10.1. The predicted molar refractivity (Wildman–Crippen MR) is 104 cm³/mol. The maximum absolute atomic E-state index is 12.1. The number of nitrogens with zero attached hydrogens (tertiary/aromatic N) is 1. The van der Waals surface area contributed by atoms with Gasteiger partial charge in [0.15, 0.2) is 0 Å². The average molecular weight is 347 g/mol. The van der Waals surface area contributed by atoms with E-state index in [9.17, 15) is 4.79 Å². The van der Waals surface area contributed by atoms with Gasteiger partial charge < -0.3 is 10.6 Å². The third-order valence-electron chi connectivity index (χ3n) is 3.97. The highest BCUT2D eigenvalue weighted by Crippen LogP contribution is 2.21. The smallest absolute Gasteiger partial charge is 0.319 e. The molecule has 2 amide bonds. The van der Waals surface area contributed by atoms with Crippen molar-refractivity contribution in [1.82, 2.24) is 10.3 Å². The molecule has 0 aliphatic rings. The molecular weight excluding hydrogens is 330 g/mol. The van der Waals surface area contributed by atoms with Crippen LogP contribution in [0.1, 0.15) is 5.01 Å². The number of rotatable bonds is 4. The molecule has 1 aromatic heterocycles. The number of fused-ring (bicyclic) bond motifs is 2. The summed E-state index contributed by atoms with van der Waals surface area (Å²) in [6, 6.07) is 21.9. The molecule has 0 radical (unpaired) electrons. The molecular formula is C20H17N3OS. The van der Waals surface area contributed by atoms with Crippen molar-refractivity contribution in [3.05, 3.63) is 71.7 Å². The molecule has 1 heterocycles. The molecule has 0 atom stereocenters. The first-order valence-corrected chi connectivity index (χ1v) is 8.98. The van der Waals surface area contributed by atoms with Crippen LogP contribution in [0.15, 0.2) is 66.7 Å². The number of amides is 2. The number of urea groups is 1. The number of thiazole rings is 1. The Morgan fingerprint density at radius 1 is 0.960 bits per heavy atom. The molecule has 0 unspecified atom stereocenters. The minimum absolute atomic E-state index is 0.198. The fourth-order valence-electron chi connectivity index (χ4n) is 2.75. The van der Waals surface area contributed by atoms with Crippen LogP contribution in [-0.4, -0.2) is 17.6 Å². The van der Waals surface area contributed by atoms with Crippen LogP contribution in [0.25, 0.3) is 21.0 Å². The maximum atomic E-state index is 12.1. The van der Waals surface area contributed by atoms with Crippen LogP contribution in [0, 0.1) is 0 Å². The van der Waals surface area contributed by atoms with Gasteiger partial charge in [-0.3, -0.25) is 0 Å². The highest BCUT2D eigenvalue weighted by molar-refractivity contribution is 7.18. The van der Waals surface area contributed by atoms with Crippen LogP contribution in [0.4, 0.5) is 10.5 Å². The van der Waals surface area contributed by atoms with Crippen LogP contribution in [-0.2, 0) is 6.42 Å². The van der Waals surface area contributed by atoms with Gasteiger partial charge in [0.25, 0.3) is 0 Å². The first kappa shape index (κ1) is 15.6. The molecule has 2 N–H and O–H groups in total. The molecule has 3 aromatic carbocycles. The quantitative estimate of drug-likeness (QED) is 0.556. The van der Waals surface area contributed by atoms with Crippen LogP contribution in [0.3, 0.4) is 0 Å². The number of nitrogens with one attached hydrogen (secondary N) is 2. The van der Waals surface area contributed by atoms with Crippen LogP contribution in [0.2, 0.25) is 0 Å². The lowest BCUT2D eigenvalue weighted by Gasteiger charge is -2.08. The number of benzene rings is 3. The van der Waals surface area contributed by atoms with Crippen molar-refractivity contribution in [2.24, 2.45) is 0 Å². The van der Waals surface area contributed by atoms with Crippen LogP contribution < -0.4 is 10.6 Å². The number of carbonyl (C=O) groups is 1. The summed E-state index contributed by atoms with van der Waals surface area (Å²) in [5.74, 6) is 0. The molecule has 4 rings (SSSR count). The highest BCUT2D eigenvalue weighted by atomic mass is 32.1. The van der Waals surface area contributed by atoms with Crippen molar-refractivity contribution in [3.8, 4) is 0 Å². The zero-order valence-electron chi connectivity index (χ0n) is 13.5. The molecule has 5 heteroatoms. The molecule has 4 aromatic rings. The summed E-state index contributed by atoms with van der Waals surface area (Å²) >= 11 is 1.67. The SMILES string of the molecule is O=C(NCCc1nc2ccccc2s1)Nc1ccc2ccccc2c1. The Hall–Kier alpha value is -2.92. The Bertz CT molecular complexity index is 1010. The molecule has 0 fully saturated rings. The lowest BCUT2D eigenvalue weighted by Crippen LogP contribution is -2.30. The molecule has 4 nitrogen and oxygen atoms in total. The molecule has 25 heavy (non-hydrogen) atoms. The minimum atomic E-state index is -0.198. The normalized spacial score (nSPS) is 10.9. The maximum Gasteiger partial charge on any atom is 0.319 e. The van der Waals surface area contributed by atoms with E-state index < -0.39 is 0 Å². The Labute approximate surface area is 149 Å². The van der Waals surface area contributed by atoms with Gasteiger partial charge in [-0.1, -0.05) is 42.5 Å². The molecule has 124 valence electrons. The van der Waals surface area contributed by atoms with E-state index in [0.717, 1.165) is 33.4 Å². The standard InChI is InChI=1S/C20H17N3OS/c24-20(22-16-10-9-14-5-1-2-6-15(14)13-16)21-12-11-19-23-17-7-3-4-8-18(17)25-19/h1-10,13H,11-12H2,(H2,21,22,24). The lowest BCUT2D eigenvalue weighted by molar-refractivity contribution is 0.252. The van der Waals surface area contributed by atoms with Gasteiger partial charge in [-0.25, -0.2) is 9.78 Å². The van der Waals surface area contributed by atoms with E-state index in [1.54, 1.807) is 11.3 Å². The van der Waals surface area contributed by atoms with E-state index in [1.807, 2.05) is 54.6 Å². The first-order chi connectivity index (χ1) is 12.3. The average Bonchev–Trinajstić information content (AvgIpc) is 3.04. The van der Waals surface area contributed by atoms with Gasteiger partial charge in [-0.15, -0.1) is 11.3 Å². The van der Waals surface area contributed by atoms with E-state index in [4.69, 9.17) is 0 Å². The number of para-hydroxylation sites is 1. The highest BCUT2D eigenvalue weighted by Gasteiger charge is 2.05. The summed E-state index contributed by atoms with van der Waals surface area (Å²) < 4.78 is 1.18. The zero-order chi connectivity index (χ0) is 17.1. The monoisotopic (exact) mass is 347 g/mol. The fraction of sp³-hybridized carbons (Fsp3) is 0.100. The first-order valence-electron chi connectivity index (χ1n) is 8.16. The van der Waals surface area contributed by atoms with E-state index in [1.165, 1.54) is 4.70 Å². The summed E-state index contributed by atoms with van der Waals surface area (Å²) in [5, 5.41) is 9.07. The molecule has 0 aliphatic carbocycles. The van der Waals surface area contributed by atoms with Crippen molar-refractivity contribution >= 4 is 44.0 Å². The van der Waals surface area contributed by atoms with Crippen molar-refractivity contribution in [2.75, 3.05) is 11.9 Å². The van der Waals surface area contributed by atoms with Crippen molar-refractivity contribution in [1.29, 1.82) is 0 Å². The second-order valence-corrected chi connectivity index (χ2v) is 6.88. The van der Waals surface area contributed by atoms with Crippen LogP contribution >= 0.6 is 11.3 Å². The molecule has 0 spiro atoms. The summed E-state index contributed by atoms with van der Waals surface area (Å²) in [7, 11) is 0. The summed E-state index contributed by atoms with van der Waals surface area (Å²) in [5.41, 5.74) is 1.80. The molecule has 0 saturated heterocycles. The van der Waals surface area contributed by atoms with Gasteiger partial charge in [0.1, 0.15) is 0 Å². The van der Waals surface area contributed by atoms with Gasteiger partial charge in [-0.2, -0.15) is 0 Å². The summed E-state index contributed by atoms with van der Waals surface area (Å²) in [4.78, 5) is 16.6. The predicted octanol–water partition coefficient (Wildman–Crippen LogP) is 4.81. The second kappa shape index (κ2) is 6.91.